The molecule has 0 atom stereocenters. The monoisotopic (exact) mass is 872 g/mol. The Balaban J connectivity index is 1.53. The molecule has 0 aromatic heterocycles. The van der Waals surface area contributed by atoms with Crippen molar-refractivity contribution in [1.29, 1.82) is 0 Å². The van der Waals surface area contributed by atoms with E-state index in [0.29, 0.717) is 0 Å². The summed E-state index contributed by atoms with van der Waals surface area (Å²) in [6, 6.07) is 33.3. The third-order valence-corrected chi connectivity index (χ3v) is 13.9. The Bertz CT molecular complexity index is 2090. The summed E-state index contributed by atoms with van der Waals surface area (Å²) < 4.78 is 2.07. The molecule has 7 rings (SSSR count). The first-order valence-electron chi connectivity index (χ1n) is 20.3. The van der Waals surface area contributed by atoms with E-state index in [4.69, 9.17) is 0 Å². The van der Waals surface area contributed by atoms with E-state index in [1.165, 1.54) is 67.3 Å². The summed E-state index contributed by atoms with van der Waals surface area (Å²) >= 11 is 8.24. The van der Waals surface area contributed by atoms with Gasteiger partial charge in [-0.25, -0.2) is 0 Å². The van der Waals surface area contributed by atoms with Crippen LogP contribution >= 0.6 is 31.9 Å². The van der Waals surface area contributed by atoms with E-state index in [2.05, 4.69) is 237 Å². The third-order valence-electron chi connectivity index (χ3n) is 12.6. The summed E-state index contributed by atoms with van der Waals surface area (Å²) in [4.78, 5) is 5.02. The molecule has 4 heteroatoms. The Morgan fingerprint density at radius 2 is 0.571 bits per heavy atom. The Morgan fingerprint density at radius 1 is 0.339 bits per heavy atom. The molecular weight excluding hydrogens is 812 g/mol. The molecule has 0 amide bonds. The Hall–Kier alpha value is -3.34. The Morgan fingerprint density at radius 3 is 0.786 bits per heavy atom. The van der Waals surface area contributed by atoms with Crippen molar-refractivity contribution >= 4 is 66.0 Å². The van der Waals surface area contributed by atoms with Gasteiger partial charge < -0.3 is 9.80 Å². The summed E-state index contributed by atoms with van der Waals surface area (Å²) in [5, 5.41) is 0. The first-order chi connectivity index (χ1) is 25.6. The van der Waals surface area contributed by atoms with E-state index in [9.17, 15) is 0 Å². The van der Waals surface area contributed by atoms with Crippen LogP contribution in [0.5, 0.6) is 0 Å². The van der Waals surface area contributed by atoms with Gasteiger partial charge in [-0.1, -0.05) is 159 Å². The fourth-order valence-corrected chi connectivity index (χ4v) is 10.1. The van der Waals surface area contributed by atoms with E-state index >= 15 is 0 Å². The first kappa shape index (κ1) is 40.8. The largest absolute Gasteiger partial charge is 0.309 e. The van der Waals surface area contributed by atoms with Crippen LogP contribution in [0.25, 0.3) is 0 Å². The van der Waals surface area contributed by atoms with Gasteiger partial charge in [0.25, 0.3) is 0 Å². The highest BCUT2D eigenvalue weighted by Crippen LogP contribution is 2.58. The molecule has 56 heavy (non-hydrogen) atoms. The van der Waals surface area contributed by atoms with Gasteiger partial charge in [-0.05, 0) is 134 Å². The van der Waals surface area contributed by atoms with Crippen molar-refractivity contribution in [3.63, 3.8) is 0 Å². The molecule has 0 saturated heterocycles. The predicted octanol–water partition coefficient (Wildman–Crippen LogP) is 16.6. The molecule has 2 nitrogen and oxygen atoms in total. The van der Waals surface area contributed by atoms with Gasteiger partial charge in [-0.2, -0.15) is 0 Å². The van der Waals surface area contributed by atoms with Crippen LogP contribution in [0.15, 0.2) is 93.9 Å². The van der Waals surface area contributed by atoms with Crippen LogP contribution in [0.1, 0.15) is 155 Å². The highest BCUT2D eigenvalue weighted by Gasteiger charge is 2.42. The van der Waals surface area contributed by atoms with Gasteiger partial charge in [0.2, 0.25) is 0 Å². The second-order valence-electron chi connectivity index (χ2n) is 21.6. The van der Waals surface area contributed by atoms with Crippen LogP contribution in [0, 0.1) is 0 Å². The smallest absolute Gasteiger partial charge is 0.0625 e. The van der Waals surface area contributed by atoms with E-state index in [0.717, 1.165) is 20.3 Å². The molecular formula is C52H62Br2N2. The zero-order valence-corrected chi connectivity index (χ0v) is 39.9. The molecule has 2 heterocycles. The lowest BCUT2D eigenvalue weighted by Gasteiger charge is -2.45. The van der Waals surface area contributed by atoms with E-state index in [1.807, 2.05) is 0 Å². The summed E-state index contributed by atoms with van der Waals surface area (Å²) in [5.41, 5.74) is 17.6. The predicted molar refractivity (Wildman–Crippen MR) is 250 cm³/mol. The summed E-state index contributed by atoms with van der Waals surface area (Å²) in [6.45, 7) is 37.4. The van der Waals surface area contributed by atoms with Gasteiger partial charge in [0.05, 0.1) is 34.1 Å². The molecule has 5 aromatic rings. The first-order valence-corrected chi connectivity index (χ1v) is 21.9. The molecule has 0 N–H and O–H groups in total. The van der Waals surface area contributed by atoms with Crippen LogP contribution in [-0.2, 0) is 32.5 Å². The average molecular weight is 875 g/mol. The van der Waals surface area contributed by atoms with Gasteiger partial charge in [-0.3, -0.25) is 0 Å². The highest BCUT2D eigenvalue weighted by atomic mass is 79.9. The number of nitrogens with zero attached hydrogens (tertiary/aromatic N) is 2. The summed E-state index contributed by atoms with van der Waals surface area (Å²) in [7, 11) is 0. The number of rotatable bonds is 2. The number of anilines is 6. The van der Waals surface area contributed by atoms with Crippen molar-refractivity contribution in [2.75, 3.05) is 9.80 Å². The van der Waals surface area contributed by atoms with Gasteiger partial charge >= 0.3 is 0 Å². The molecule has 0 radical (unpaired) electrons. The Kier molecular flexibility index (Phi) is 9.54. The van der Waals surface area contributed by atoms with Crippen LogP contribution in [0.3, 0.4) is 0 Å². The highest BCUT2D eigenvalue weighted by molar-refractivity contribution is 9.11. The van der Waals surface area contributed by atoms with Crippen molar-refractivity contribution in [3.8, 4) is 0 Å². The Labute approximate surface area is 355 Å². The molecule has 294 valence electrons. The lowest BCUT2D eigenvalue weighted by molar-refractivity contribution is 0.573. The molecule has 0 spiro atoms. The maximum atomic E-state index is 4.12. The van der Waals surface area contributed by atoms with Gasteiger partial charge in [0.15, 0.2) is 0 Å². The molecule has 5 aromatic carbocycles. The lowest BCUT2D eigenvalue weighted by Crippen LogP contribution is -2.33. The maximum absolute atomic E-state index is 4.12. The third kappa shape index (κ3) is 6.69. The van der Waals surface area contributed by atoms with Crippen LogP contribution in [0.4, 0.5) is 34.1 Å². The topological polar surface area (TPSA) is 6.48 Å². The number of hydrogen-bond donors (Lipinski definition) is 0. The number of benzene rings is 5. The van der Waals surface area contributed by atoms with Crippen molar-refractivity contribution in [3.05, 3.63) is 138 Å². The molecule has 0 saturated carbocycles. The molecule has 0 fully saturated rings. The van der Waals surface area contributed by atoms with Gasteiger partial charge in [0.1, 0.15) is 0 Å². The van der Waals surface area contributed by atoms with Crippen LogP contribution < -0.4 is 9.80 Å². The average Bonchev–Trinajstić information content (AvgIpc) is 3.07. The number of halogens is 2. The van der Waals surface area contributed by atoms with Crippen LogP contribution in [0.2, 0.25) is 0 Å². The minimum atomic E-state index is -0.208. The lowest BCUT2D eigenvalue weighted by atomic mass is 9.70. The SMILES string of the molecule is CC(C)(C)c1ccc2c(c1)C(C)(C)c1cc(C(C)(C)C)ccc1N2c1cc(N2c3ccc(C(C)(C)C)cc3C(C)(C)c3cc(C(C)(C)C)ccc32)c(Br)cc1Br. The van der Waals surface area contributed by atoms with Gasteiger partial charge in [-0.15, -0.1) is 0 Å². The zero-order valence-electron chi connectivity index (χ0n) is 36.7. The minimum Gasteiger partial charge on any atom is -0.309 e. The molecule has 0 unspecified atom stereocenters. The molecule has 0 aliphatic carbocycles. The summed E-state index contributed by atoms with van der Waals surface area (Å²) in [5.74, 6) is 0. The fraction of sp³-hybridized carbons (Fsp3) is 0.423. The minimum absolute atomic E-state index is 0.0252. The fourth-order valence-electron chi connectivity index (χ4n) is 8.73. The zero-order chi connectivity index (χ0) is 41.3. The van der Waals surface area contributed by atoms with E-state index in [-0.39, 0.29) is 32.5 Å². The molecule has 2 aliphatic rings. The second-order valence-corrected chi connectivity index (χ2v) is 23.3. The van der Waals surface area contributed by atoms with Gasteiger partial charge in [0, 0.05) is 19.8 Å². The van der Waals surface area contributed by atoms with Crippen molar-refractivity contribution in [1.82, 2.24) is 0 Å². The van der Waals surface area contributed by atoms with Crippen LogP contribution in [-0.4, -0.2) is 0 Å². The number of fused-ring (bicyclic) bond motifs is 4. The normalized spacial score (nSPS) is 16.2. The summed E-state index contributed by atoms with van der Waals surface area (Å²) in [6.07, 6.45) is 0. The van der Waals surface area contributed by atoms with Crippen molar-refractivity contribution in [2.45, 2.75) is 143 Å². The van der Waals surface area contributed by atoms with E-state index < -0.39 is 0 Å². The van der Waals surface area contributed by atoms with Crippen molar-refractivity contribution < 1.29 is 0 Å². The number of hydrogen-bond acceptors (Lipinski definition) is 2. The van der Waals surface area contributed by atoms with E-state index in [1.54, 1.807) is 0 Å². The standard InChI is InChI=1S/C52H62Br2N2/c1-47(2,3)31-17-21-41-35(25-31)51(13,14)36-26-32(48(4,5)6)18-22-42(36)55(41)45-30-46(40(54)29-39(45)53)56-43-23-19-33(49(7,8)9)27-37(43)52(15,16)38-28-34(50(10,11)12)20-24-44(38)56/h17-30H,1-16H3. The molecule has 0 bridgehead atoms. The molecule has 2 aliphatic heterocycles. The van der Waals surface area contributed by atoms with Crippen molar-refractivity contribution in [2.24, 2.45) is 0 Å². The second kappa shape index (κ2) is 13.1. The maximum Gasteiger partial charge on any atom is 0.0625 e. The quantitative estimate of drug-likeness (QED) is 0.174.